The summed E-state index contributed by atoms with van der Waals surface area (Å²) in [5.41, 5.74) is 0. The molecule has 2 fully saturated rings. The number of hydrogen-bond acceptors (Lipinski definition) is 15. The molecule has 216 valence electrons. The third-order valence-corrected chi connectivity index (χ3v) is 5.97. The van der Waals surface area contributed by atoms with Gasteiger partial charge in [-0.15, -0.1) is 0 Å². The van der Waals surface area contributed by atoms with E-state index in [4.69, 9.17) is 37.9 Å². The number of rotatable bonds is 9. The highest BCUT2D eigenvalue weighted by Gasteiger charge is 2.55. The van der Waals surface area contributed by atoms with Crippen molar-refractivity contribution in [1.82, 2.24) is 0 Å². The highest BCUT2D eigenvalue weighted by Crippen LogP contribution is 2.34. The first-order valence-electron chi connectivity index (χ1n) is 11.5. The van der Waals surface area contributed by atoms with Crippen molar-refractivity contribution < 1.29 is 72.1 Å². The van der Waals surface area contributed by atoms with Gasteiger partial charge >= 0.3 is 29.8 Å². The molecule has 10 atom stereocenters. The van der Waals surface area contributed by atoms with Crippen LogP contribution in [-0.4, -0.2) is 113 Å². The molecule has 0 saturated carbocycles. The zero-order valence-corrected chi connectivity index (χ0v) is 22.9. The molecule has 0 radical (unpaired) electrons. The van der Waals surface area contributed by atoms with Crippen LogP contribution >= 0.6 is 15.9 Å². The summed E-state index contributed by atoms with van der Waals surface area (Å²) in [5.74, 6) is -4.05. The van der Waals surface area contributed by atoms with E-state index in [1.807, 2.05) is 0 Å². The number of carbonyl (C=O) groups excluding carboxylic acids is 5. The fourth-order valence-electron chi connectivity index (χ4n) is 3.96. The summed E-state index contributed by atoms with van der Waals surface area (Å²) >= 11 is 3.18. The second-order valence-corrected chi connectivity index (χ2v) is 9.10. The normalized spacial score (nSPS) is 34.9. The molecule has 2 aliphatic heterocycles. The van der Waals surface area contributed by atoms with Gasteiger partial charge in [-0.2, -0.15) is 0 Å². The molecule has 0 bridgehead atoms. The fraction of sp³-hybridized carbons (Fsp3) is 0.773. The smallest absolute Gasteiger partial charge is 0.303 e. The van der Waals surface area contributed by atoms with Gasteiger partial charge in [-0.1, -0.05) is 15.9 Å². The minimum atomic E-state index is -1.83. The Hall–Kier alpha value is -2.37. The molecule has 16 heteroatoms. The van der Waals surface area contributed by atoms with Crippen LogP contribution in [0.3, 0.4) is 0 Å². The quantitative estimate of drug-likeness (QED) is 0.179. The van der Waals surface area contributed by atoms with Crippen LogP contribution in [0.2, 0.25) is 0 Å². The van der Waals surface area contributed by atoms with E-state index in [2.05, 4.69) is 15.9 Å². The molecular weight excluding hydrogens is 584 g/mol. The van der Waals surface area contributed by atoms with Gasteiger partial charge in [0.1, 0.15) is 31.0 Å². The standard InChI is InChI=1S/C22H31BrO15/c1-8(24)31-7-14-16(18(33-10(3)26)19(21(30)36-14)34-11(4)27)38-22-20(35-12(5)28)17(32-9(2)25)15(29)13(6-23)37-22/h13-22,29-30H,6-7H2,1-5H3. The summed E-state index contributed by atoms with van der Waals surface area (Å²) in [4.78, 5) is 58.8. The summed E-state index contributed by atoms with van der Waals surface area (Å²) in [6.07, 6.45) is -14.8. The van der Waals surface area contributed by atoms with Crippen molar-refractivity contribution in [1.29, 1.82) is 0 Å². The van der Waals surface area contributed by atoms with Gasteiger partial charge in [0.05, 0.1) is 0 Å². The Morgan fingerprint density at radius 1 is 0.658 bits per heavy atom. The molecule has 0 aromatic heterocycles. The molecule has 2 heterocycles. The van der Waals surface area contributed by atoms with Gasteiger partial charge in [0, 0.05) is 39.9 Å². The summed E-state index contributed by atoms with van der Waals surface area (Å²) in [6, 6.07) is 0. The lowest BCUT2D eigenvalue weighted by atomic mass is 9.96. The minimum absolute atomic E-state index is 0.0266. The molecule has 10 unspecified atom stereocenters. The number of carbonyl (C=O) groups is 5. The summed E-state index contributed by atoms with van der Waals surface area (Å²) in [5, 5.41) is 21.2. The number of esters is 5. The van der Waals surface area contributed by atoms with Crippen molar-refractivity contribution in [3.05, 3.63) is 0 Å². The summed E-state index contributed by atoms with van der Waals surface area (Å²) < 4.78 is 43.2. The van der Waals surface area contributed by atoms with E-state index in [0.29, 0.717) is 0 Å². The van der Waals surface area contributed by atoms with E-state index in [0.717, 1.165) is 34.6 Å². The number of hydrogen-bond donors (Lipinski definition) is 2. The maximum Gasteiger partial charge on any atom is 0.303 e. The van der Waals surface area contributed by atoms with Crippen molar-refractivity contribution >= 4 is 45.8 Å². The Kier molecular flexibility index (Phi) is 11.8. The zero-order chi connectivity index (χ0) is 28.7. The van der Waals surface area contributed by atoms with Gasteiger partial charge in [0.25, 0.3) is 0 Å². The van der Waals surface area contributed by atoms with Crippen molar-refractivity contribution in [3.8, 4) is 0 Å². The average molecular weight is 615 g/mol. The van der Waals surface area contributed by atoms with Crippen molar-refractivity contribution in [3.63, 3.8) is 0 Å². The lowest BCUT2D eigenvalue weighted by Crippen LogP contribution is -2.66. The number of halogens is 1. The second kappa shape index (κ2) is 14.1. The van der Waals surface area contributed by atoms with E-state index in [1.165, 1.54) is 0 Å². The van der Waals surface area contributed by atoms with Crippen LogP contribution in [0, 0.1) is 0 Å². The SMILES string of the molecule is CC(=O)OCC1OC(O)C(OC(C)=O)C(OC(C)=O)C1OC1OC(CBr)C(O)C(OC(C)=O)C1OC(C)=O. The molecule has 0 aliphatic carbocycles. The molecule has 0 spiro atoms. The molecule has 38 heavy (non-hydrogen) atoms. The Bertz CT molecular complexity index is 881. The highest BCUT2D eigenvalue weighted by molar-refractivity contribution is 9.09. The number of aliphatic hydroxyl groups excluding tert-OH is 2. The van der Waals surface area contributed by atoms with Crippen LogP contribution in [0.1, 0.15) is 34.6 Å². The predicted octanol–water partition coefficient (Wildman–Crippen LogP) is -1.14. The fourth-order valence-corrected chi connectivity index (χ4v) is 4.50. The summed E-state index contributed by atoms with van der Waals surface area (Å²) in [7, 11) is 0. The van der Waals surface area contributed by atoms with Gasteiger partial charge < -0.3 is 48.1 Å². The Balaban J connectivity index is 2.54. The molecule has 2 saturated heterocycles. The molecule has 2 N–H and O–H groups in total. The topological polar surface area (TPSA) is 200 Å². The molecule has 15 nitrogen and oxygen atoms in total. The van der Waals surface area contributed by atoms with E-state index >= 15 is 0 Å². The first-order chi connectivity index (χ1) is 17.7. The van der Waals surface area contributed by atoms with Crippen LogP contribution < -0.4 is 0 Å². The van der Waals surface area contributed by atoms with Crippen molar-refractivity contribution in [2.45, 2.75) is 96.0 Å². The number of aliphatic hydroxyl groups is 2. The molecular formula is C22H31BrO15. The number of ether oxygens (including phenoxy) is 8. The van der Waals surface area contributed by atoms with E-state index in [9.17, 15) is 34.2 Å². The van der Waals surface area contributed by atoms with E-state index in [1.54, 1.807) is 0 Å². The first-order valence-corrected chi connectivity index (χ1v) is 12.6. The largest absolute Gasteiger partial charge is 0.463 e. The average Bonchev–Trinajstić information content (AvgIpc) is 2.79. The van der Waals surface area contributed by atoms with Gasteiger partial charge in [-0.3, -0.25) is 24.0 Å². The highest BCUT2D eigenvalue weighted by atomic mass is 79.9. The molecule has 2 aliphatic rings. The second-order valence-electron chi connectivity index (χ2n) is 8.45. The molecule has 0 amide bonds. The maximum absolute atomic E-state index is 12.0. The summed E-state index contributed by atoms with van der Waals surface area (Å²) in [6.45, 7) is 4.85. The van der Waals surface area contributed by atoms with Crippen LogP contribution in [-0.2, 0) is 61.9 Å². The Labute approximate surface area is 226 Å². The van der Waals surface area contributed by atoms with Crippen LogP contribution in [0.4, 0.5) is 0 Å². The zero-order valence-electron chi connectivity index (χ0n) is 21.3. The van der Waals surface area contributed by atoms with E-state index in [-0.39, 0.29) is 5.33 Å². The monoisotopic (exact) mass is 614 g/mol. The Morgan fingerprint density at radius 2 is 1.16 bits per heavy atom. The van der Waals surface area contributed by atoms with Crippen LogP contribution in [0.15, 0.2) is 0 Å². The lowest BCUT2D eigenvalue weighted by Gasteiger charge is -2.47. The minimum Gasteiger partial charge on any atom is -0.463 e. The lowest BCUT2D eigenvalue weighted by molar-refractivity contribution is -0.353. The number of alkyl halides is 1. The van der Waals surface area contributed by atoms with Crippen molar-refractivity contribution in [2.24, 2.45) is 0 Å². The van der Waals surface area contributed by atoms with Gasteiger partial charge in [-0.05, 0) is 0 Å². The molecule has 0 aromatic carbocycles. The molecule has 0 aromatic rings. The predicted molar refractivity (Wildman–Crippen MR) is 123 cm³/mol. The first kappa shape index (κ1) is 31.8. The third-order valence-electron chi connectivity index (χ3n) is 5.33. The van der Waals surface area contributed by atoms with E-state index < -0.39 is 97.9 Å². The van der Waals surface area contributed by atoms with Crippen molar-refractivity contribution in [2.75, 3.05) is 11.9 Å². The van der Waals surface area contributed by atoms with Gasteiger partial charge in [0.15, 0.2) is 37.0 Å². The third kappa shape index (κ3) is 8.57. The van der Waals surface area contributed by atoms with Gasteiger partial charge in [-0.25, -0.2) is 0 Å². The molecule has 2 rings (SSSR count). The Morgan fingerprint density at radius 3 is 1.66 bits per heavy atom. The van der Waals surface area contributed by atoms with Crippen LogP contribution in [0.25, 0.3) is 0 Å². The maximum atomic E-state index is 12.0. The van der Waals surface area contributed by atoms with Crippen LogP contribution in [0.5, 0.6) is 0 Å². The van der Waals surface area contributed by atoms with Gasteiger partial charge in [0.2, 0.25) is 0 Å².